The van der Waals surface area contributed by atoms with Gasteiger partial charge in [0.15, 0.2) is 0 Å². The summed E-state index contributed by atoms with van der Waals surface area (Å²) in [4.78, 5) is 0. The molecule has 4 nitrogen and oxygen atoms in total. The Kier molecular flexibility index (Phi) is 5.10. The molecule has 102 valence electrons. The summed E-state index contributed by atoms with van der Waals surface area (Å²) >= 11 is 3.48. The molecule has 2 rings (SSSR count). The number of hydrogen-bond acceptors (Lipinski definition) is 4. The number of benzene rings is 1. The van der Waals surface area contributed by atoms with E-state index < -0.39 is 0 Å². The Morgan fingerprint density at radius 1 is 1.32 bits per heavy atom. The highest BCUT2D eigenvalue weighted by Crippen LogP contribution is 2.24. The van der Waals surface area contributed by atoms with Crippen molar-refractivity contribution in [3.63, 3.8) is 0 Å². The van der Waals surface area contributed by atoms with Gasteiger partial charge in [-0.05, 0) is 50.2 Å². The molecule has 0 saturated heterocycles. The Morgan fingerprint density at radius 2 is 2.16 bits per heavy atom. The summed E-state index contributed by atoms with van der Waals surface area (Å²) in [5, 5.41) is 11.5. The maximum Gasteiger partial charge on any atom is 0.247 e. The van der Waals surface area contributed by atoms with Crippen LogP contribution in [-0.4, -0.2) is 23.3 Å². The highest BCUT2D eigenvalue weighted by atomic mass is 79.9. The third-order valence-electron chi connectivity index (χ3n) is 2.87. The molecular weight excluding hydrogens is 306 g/mol. The fourth-order valence-electron chi connectivity index (χ4n) is 1.79. The van der Waals surface area contributed by atoms with Gasteiger partial charge in [-0.1, -0.05) is 22.9 Å². The zero-order valence-electron chi connectivity index (χ0n) is 11.2. The van der Waals surface area contributed by atoms with Gasteiger partial charge in [0, 0.05) is 16.5 Å². The number of hydrogen-bond donors (Lipinski definition) is 1. The zero-order valence-corrected chi connectivity index (χ0v) is 12.8. The van der Waals surface area contributed by atoms with E-state index in [-0.39, 0.29) is 0 Å². The third-order valence-corrected chi connectivity index (χ3v) is 3.76. The molecule has 0 amide bonds. The number of halogens is 1. The van der Waals surface area contributed by atoms with E-state index >= 15 is 0 Å². The number of nitrogens with zero attached hydrogens (tertiary/aromatic N) is 2. The van der Waals surface area contributed by atoms with Crippen molar-refractivity contribution < 1.29 is 4.42 Å². The van der Waals surface area contributed by atoms with Gasteiger partial charge in [0.05, 0.1) is 0 Å². The van der Waals surface area contributed by atoms with E-state index in [1.165, 1.54) is 0 Å². The molecule has 1 aromatic carbocycles. The predicted molar refractivity (Wildman–Crippen MR) is 79.0 cm³/mol. The van der Waals surface area contributed by atoms with E-state index in [0.29, 0.717) is 11.8 Å². The fraction of sp³-hybridized carbons (Fsp3) is 0.429. The first-order valence-electron chi connectivity index (χ1n) is 6.50. The summed E-state index contributed by atoms with van der Waals surface area (Å²) in [6.07, 6.45) is 1.82. The molecule has 0 spiro atoms. The Balaban J connectivity index is 2.01. The second-order valence-electron chi connectivity index (χ2n) is 4.42. The van der Waals surface area contributed by atoms with Crippen LogP contribution < -0.4 is 5.32 Å². The lowest BCUT2D eigenvalue weighted by atomic mass is 10.1. The molecule has 5 heteroatoms. The number of nitrogens with one attached hydrogen (secondary N) is 1. The summed E-state index contributed by atoms with van der Waals surface area (Å²) in [5.74, 6) is 1.29. The van der Waals surface area contributed by atoms with Gasteiger partial charge in [0.2, 0.25) is 11.8 Å². The van der Waals surface area contributed by atoms with Crippen molar-refractivity contribution in [2.75, 3.05) is 13.1 Å². The normalized spacial score (nSPS) is 10.9. The van der Waals surface area contributed by atoms with E-state index in [1.807, 2.05) is 25.1 Å². The summed E-state index contributed by atoms with van der Waals surface area (Å²) in [5.41, 5.74) is 2.12. The van der Waals surface area contributed by atoms with Crippen LogP contribution in [0.3, 0.4) is 0 Å². The highest BCUT2D eigenvalue weighted by Gasteiger charge is 2.09. The Hall–Kier alpha value is -1.20. The molecule has 0 radical (unpaired) electrons. The van der Waals surface area contributed by atoms with Crippen LogP contribution in [0.1, 0.15) is 24.8 Å². The number of aryl methyl sites for hydroxylation is 2. The SMILES string of the molecule is CCNCCCc1nnc(-c2ccc(Br)c(C)c2)o1. The standard InChI is InChI=1S/C14H18BrN3O/c1-3-16-8-4-5-13-17-18-14(19-13)11-6-7-12(15)10(2)9-11/h6-7,9,16H,3-5,8H2,1-2H3. The van der Waals surface area contributed by atoms with Crippen molar-refractivity contribution >= 4 is 15.9 Å². The second kappa shape index (κ2) is 6.82. The van der Waals surface area contributed by atoms with Crippen LogP contribution in [0.4, 0.5) is 0 Å². The Labute approximate surface area is 121 Å². The monoisotopic (exact) mass is 323 g/mol. The van der Waals surface area contributed by atoms with Crippen LogP contribution in [0.15, 0.2) is 27.1 Å². The molecular formula is C14H18BrN3O. The summed E-state index contributed by atoms with van der Waals surface area (Å²) in [6, 6.07) is 6.02. The molecule has 0 aliphatic heterocycles. The van der Waals surface area contributed by atoms with E-state index in [1.54, 1.807) is 0 Å². The van der Waals surface area contributed by atoms with Crippen molar-refractivity contribution in [3.05, 3.63) is 34.1 Å². The van der Waals surface area contributed by atoms with Crippen LogP contribution in [0.5, 0.6) is 0 Å². The van der Waals surface area contributed by atoms with Gasteiger partial charge in [-0.25, -0.2) is 0 Å². The van der Waals surface area contributed by atoms with Crippen molar-refractivity contribution in [2.24, 2.45) is 0 Å². The van der Waals surface area contributed by atoms with Crippen molar-refractivity contribution in [3.8, 4) is 11.5 Å². The Morgan fingerprint density at radius 3 is 2.89 bits per heavy atom. The molecule has 2 aromatic rings. The maximum atomic E-state index is 5.68. The largest absolute Gasteiger partial charge is 0.421 e. The first kappa shape index (κ1) is 14.2. The molecule has 0 saturated carbocycles. The molecule has 0 aliphatic carbocycles. The summed E-state index contributed by atoms with van der Waals surface area (Å²) < 4.78 is 6.76. The maximum absolute atomic E-state index is 5.68. The molecule has 0 bridgehead atoms. The van der Waals surface area contributed by atoms with Gasteiger partial charge in [0.25, 0.3) is 0 Å². The van der Waals surface area contributed by atoms with Gasteiger partial charge < -0.3 is 9.73 Å². The average Bonchev–Trinajstić information content (AvgIpc) is 2.87. The molecule has 0 aliphatic rings. The van der Waals surface area contributed by atoms with Crippen molar-refractivity contribution in [2.45, 2.75) is 26.7 Å². The van der Waals surface area contributed by atoms with Crippen LogP contribution >= 0.6 is 15.9 Å². The lowest BCUT2D eigenvalue weighted by molar-refractivity contribution is 0.492. The quantitative estimate of drug-likeness (QED) is 0.828. The molecule has 0 fully saturated rings. The highest BCUT2D eigenvalue weighted by molar-refractivity contribution is 9.10. The first-order chi connectivity index (χ1) is 9.20. The smallest absolute Gasteiger partial charge is 0.247 e. The molecule has 1 aromatic heterocycles. The minimum atomic E-state index is 0.592. The van der Waals surface area contributed by atoms with E-state index in [4.69, 9.17) is 4.42 Å². The second-order valence-corrected chi connectivity index (χ2v) is 5.28. The third kappa shape index (κ3) is 3.88. The minimum Gasteiger partial charge on any atom is -0.421 e. The number of rotatable bonds is 6. The zero-order chi connectivity index (χ0) is 13.7. The molecule has 0 atom stereocenters. The first-order valence-corrected chi connectivity index (χ1v) is 7.29. The van der Waals surface area contributed by atoms with Crippen LogP contribution in [0, 0.1) is 6.92 Å². The lowest BCUT2D eigenvalue weighted by Crippen LogP contribution is -2.14. The predicted octanol–water partition coefficient (Wildman–Crippen LogP) is 3.35. The average molecular weight is 324 g/mol. The summed E-state index contributed by atoms with van der Waals surface area (Å²) in [7, 11) is 0. The number of aromatic nitrogens is 2. The van der Waals surface area contributed by atoms with E-state index in [9.17, 15) is 0 Å². The fourth-order valence-corrected chi connectivity index (χ4v) is 2.04. The van der Waals surface area contributed by atoms with Gasteiger partial charge in [-0.3, -0.25) is 0 Å². The minimum absolute atomic E-state index is 0.592. The molecule has 1 heterocycles. The van der Waals surface area contributed by atoms with Crippen molar-refractivity contribution in [1.29, 1.82) is 0 Å². The topological polar surface area (TPSA) is 51.0 Å². The summed E-state index contributed by atoms with van der Waals surface area (Å²) in [6.45, 7) is 6.11. The van der Waals surface area contributed by atoms with Crippen molar-refractivity contribution in [1.82, 2.24) is 15.5 Å². The molecule has 0 unspecified atom stereocenters. The van der Waals surface area contributed by atoms with Crippen LogP contribution in [0.25, 0.3) is 11.5 Å². The van der Waals surface area contributed by atoms with E-state index in [0.717, 1.165) is 41.5 Å². The van der Waals surface area contributed by atoms with E-state index in [2.05, 4.69) is 38.4 Å². The van der Waals surface area contributed by atoms with Gasteiger partial charge in [0.1, 0.15) is 0 Å². The van der Waals surface area contributed by atoms with Crippen LogP contribution in [-0.2, 0) is 6.42 Å². The Bertz CT molecular complexity index is 539. The molecule has 1 N–H and O–H groups in total. The van der Waals surface area contributed by atoms with Crippen LogP contribution in [0.2, 0.25) is 0 Å². The van der Waals surface area contributed by atoms with Gasteiger partial charge in [-0.2, -0.15) is 0 Å². The van der Waals surface area contributed by atoms with Gasteiger partial charge >= 0.3 is 0 Å². The lowest BCUT2D eigenvalue weighted by Gasteiger charge is -2.00. The molecule has 19 heavy (non-hydrogen) atoms. The van der Waals surface area contributed by atoms with Gasteiger partial charge in [-0.15, -0.1) is 10.2 Å².